The summed E-state index contributed by atoms with van der Waals surface area (Å²) in [7, 11) is 0. The molecule has 10 nitrogen and oxygen atoms in total. The zero-order chi connectivity index (χ0) is 18.5. The minimum absolute atomic E-state index is 0.00835. The van der Waals surface area contributed by atoms with E-state index in [1.165, 1.54) is 11.2 Å². The van der Waals surface area contributed by atoms with E-state index in [1.54, 1.807) is 10.7 Å². The lowest BCUT2D eigenvalue weighted by Crippen LogP contribution is -2.39. The summed E-state index contributed by atoms with van der Waals surface area (Å²) in [5.41, 5.74) is 1.90. The summed E-state index contributed by atoms with van der Waals surface area (Å²) in [6.07, 6.45) is 1.02. The molecule has 0 spiro atoms. The van der Waals surface area contributed by atoms with Crippen LogP contribution in [0.3, 0.4) is 0 Å². The van der Waals surface area contributed by atoms with Gasteiger partial charge in [0.2, 0.25) is 5.91 Å². The molecule has 1 saturated heterocycles. The van der Waals surface area contributed by atoms with Crippen LogP contribution in [0.25, 0.3) is 5.82 Å². The summed E-state index contributed by atoms with van der Waals surface area (Å²) in [6, 6.07) is 3.77. The fourth-order valence-electron chi connectivity index (χ4n) is 2.61. The predicted octanol–water partition coefficient (Wildman–Crippen LogP) is 0.259. The molecule has 0 radical (unpaired) electrons. The van der Waals surface area contributed by atoms with Crippen LogP contribution in [-0.4, -0.2) is 69.4 Å². The minimum Gasteiger partial charge on any atom is -0.448 e. The molecular weight excluding hydrogens is 338 g/mol. The Morgan fingerprint density at radius 1 is 1.27 bits per heavy atom. The highest BCUT2D eigenvalue weighted by Gasteiger charge is 2.23. The van der Waals surface area contributed by atoms with Crippen molar-refractivity contribution >= 4 is 17.8 Å². The third-order valence-corrected chi connectivity index (χ3v) is 3.81. The number of hydrogen-bond acceptors (Lipinski definition) is 7. The van der Waals surface area contributed by atoms with Crippen LogP contribution in [0.1, 0.15) is 11.4 Å². The van der Waals surface area contributed by atoms with Gasteiger partial charge in [-0.1, -0.05) is 0 Å². The van der Waals surface area contributed by atoms with Gasteiger partial charge in [-0.2, -0.15) is 5.10 Å². The van der Waals surface area contributed by atoms with E-state index in [2.05, 4.69) is 25.7 Å². The molecule has 0 unspecified atom stereocenters. The molecule has 138 valence electrons. The van der Waals surface area contributed by atoms with Gasteiger partial charge in [0.1, 0.15) is 25.3 Å². The van der Waals surface area contributed by atoms with E-state index in [0.29, 0.717) is 37.9 Å². The molecule has 0 aliphatic carbocycles. The van der Waals surface area contributed by atoms with Crippen LogP contribution in [0.15, 0.2) is 18.5 Å². The highest BCUT2D eigenvalue weighted by Crippen LogP contribution is 2.12. The number of cyclic esters (lactones) is 1. The van der Waals surface area contributed by atoms with Crippen molar-refractivity contribution in [1.82, 2.24) is 30.0 Å². The first-order valence-corrected chi connectivity index (χ1v) is 8.31. The summed E-state index contributed by atoms with van der Waals surface area (Å²) in [5, 5.41) is 10.3. The number of amides is 2. The molecule has 1 aliphatic heterocycles. The van der Waals surface area contributed by atoms with Crippen molar-refractivity contribution in [2.45, 2.75) is 13.8 Å². The third kappa shape index (κ3) is 4.26. The molecule has 26 heavy (non-hydrogen) atoms. The lowest BCUT2D eigenvalue weighted by molar-refractivity contribution is -0.121. The number of nitrogens with one attached hydrogen (secondary N) is 2. The van der Waals surface area contributed by atoms with Gasteiger partial charge in [0.05, 0.1) is 12.2 Å². The molecule has 2 aromatic rings. The quantitative estimate of drug-likeness (QED) is 0.682. The van der Waals surface area contributed by atoms with E-state index in [1.807, 2.05) is 19.9 Å². The molecule has 1 fully saturated rings. The fraction of sp³-hybridized carbons (Fsp3) is 0.438. The van der Waals surface area contributed by atoms with Crippen molar-refractivity contribution in [1.29, 1.82) is 0 Å². The van der Waals surface area contributed by atoms with Crippen LogP contribution in [0.2, 0.25) is 0 Å². The molecule has 2 aromatic heterocycles. The van der Waals surface area contributed by atoms with Crippen molar-refractivity contribution in [2.24, 2.45) is 0 Å². The smallest absolute Gasteiger partial charge is 0.410 e. The minimum atomic E-state index is -0.448. The summed E-state index contributed by atoms with van der Waals surface area (Å²) < 4.78 is 6.53. The van der Waals surface area contributed by atoms with E-state index >= 15 is 0 Å². The normalized spacial score (nSPS) is 13.6. The van der Waals surface area contributed by atoms with E-state index < -0.39 is 6.09 Å². The molecule has 0 bridgehead atoms. The van der Waals surface area contributed by atoms with Crippen LogP contribution < -0.4 is 10.6 Å². The van der Waals surface area contributed by atoms with Gasteiger partial charge in [-0.3, -0.25) is 9.69 Å². The molecule has 3 heterocycles. The topological polar surface area (TPSA) is 114 Å². The fourth-order valence-corrected chi connectivity index (χ4v) is 2.61. The first kappa shape index (κ1) is 17.6. The number of aryl methyl sites for hydroxylation is 2. The highest BCUT2D eigenvalue weighted by molar-refractivity contribution is 5.82. The van der Waals surface area contributed by atoms with Crippen LogP contribution in [0, 0.1) is 13.8 Å². The standard InChI is InChI=1S/C16H21N7O3/c1-11-7-12(2)23(21-11)14-8-13(19-10-20-14)17-3-4-18-15(24)9-22-5-6-26-16(22)25/h7-8,10H,3-6,9H2,1-2H3,(H,18,24)(H,17,19,20). The van der Waals surface area contributed by atoms with E-state index in [9.17, 15) is 9.59 Å². The van der Waals surface area contributed by atoms with Gasteiger partial charge in [0.15, 0.2) is 5.82 Å². The Morgan fingerprint density at radius 3 is 2.81 bits per heavy atom. The zero-order valence-electron chi connectivity index (χ0n) is 14.7. The number of rotatable bonds is 7. The second kappa shape index (κ2) is 7.81. The Balaban J connectivity index is 1.46. The van der Waals surface area contributed by atoms with Crippen molar-refractivity contribution in [3.63, 3.8) is 0 Å². The average Bonchev–Trinajstić information content (AvgIpc) is 3.17. The number of hydrogen-bond donors (Lipinski definition) is 2. The Kier molecular flexibility index (Phi) is 5.30. The lowest BCUT2D eigenvalue weighted by atomic mass is 10.4. The molecular formula is C16H21N7O3. The maximum Gasteiger partial charge on any atom is 0.410 e. The van der Waals surface area contributed by atoms with E-state index in [0.717, 1.165) is 11.4 Å². The second-order valence-corrected chi connectivity index (χ2v) is 5.91. The second-order valence-electron chi connectivity index (χ2n) is 5.91. The predicted molar refractivity (Wildman–Crippen MR) is 93.0 cm³/mol. The summed E-state index contributed by atoms with van der Waals surface area (Å²) >= 11 is 0. The lowest BCUT2D eigenvalue weighted by Gasteiger charge is -2.12. The molecule has 10 heteroatoms. The van der Waals surface area contributed by atoms with Crippen LogP contribution in [0.5, 0.6) is 0 Å². The monoisotopic (exact) mass is 359 g/mol. The van der Waals surface area contributed by atoms with Crippen LogP contribution >= 0.6 is 0 Å². The average molecular weight is 359 g/mol. The van der Waals surface area contributed by atoms with Crippen molar-refractivity contribution in [2.75, 3.05) is 38.1 Å². The molecule has 1 aliphatic rings. The van der Waals surface area contributed by atoms with Crippen LogP contribution in [-0.2, 0) is 9.53 Å². The van der Waals surface area contributed by atoms with E-state index in [4.69, 9.17) is 4.74 Å². The highest BCUT2D eigenvalue weighted by atomic mass is 16.6. The van der Waals surface area contributed by atoms with Crippen LogP contribution in [0.4, 0.5) is 10.6 Å². The van der Waals surface area contributed by atoms with Crippen molar-refractivity contribution in [3.8, 4) is 5.82 Å². The van der Waals surface area contributed by atoms with Crippen molar-refractivity contribution in [3.05, 3.63) is 29.8 Å². The number of carbonyl (C=O) groups excluding carboxylic acids is 2. The Bertz CT molecular complexity index is 805. The first-order chi connectivity index (χ1) is 12.5. The van der Waals surface area contributed by atoms with E-state index in [-0.39, 0.29) is 12.5 Å². The van der Waals surface area contributed by atoms with Gasteiger partial charge in [-0.25, -0.2) is 19.4 Å². The molecule has 0 atom stereocenters. The van der Waals surface area contributed by atoms with Gasteiger partial charge in [0.25, 0.3) is 0 Å². The Labute approximate surface area is 150 Å². The Hall–Kier alpha value is -3.17. The van der Waals surface area contributed by atoms with Crippen molar-refractivity contribution < 1.29 is 14.3 Å². The maximum absolute atomic E-state index is 11.8. The van der Waals surface area contributed by atoms with Gasteiger partial charge < -0.3 is 15.4 Å². The number of aromatic nitrogens is 4. The summed E-state index contributed by atoms with van der Waals surface area (Å²) in [4.78, 5) is 32.9. The number of carbonyl (C=O) groups is 2. The van der Waals surface area contributed by atoms with Gasteiger partial charge in [-0.05, 0) is 19.9 Å². The maximum atomic E-state index is 11.8. The summed E-state index contributed by atoms with van der Waals surface area (Å²) in [5.74, 6) is 1.08. The van der Waals surface area contributed by atoms with Gasteiger partial charge >= 0.3 is 6.09 Å². The molecule has 2 amide bonds. The Morgan fingerprint density at radius 2 is 2.12 bits per heavy atom. The molecule has 3 rings (SSSR count). The van der Waals surface area contributed by atoms with Gasteiger partial charge in [-0.15, -0.1) is 0 Å². The third-order valence-electron chi connectivity index (χ3n) is 3.81. The first-order valence-electron chi connectivity index (χ1n) is 8.31. The zero-order valence-corrected chi connectivity index (χ0v) is 14.7. The van der Waals surface area contributed by atoms with Gasteiger partial charge in [0, 0.05) is 24.8 Å². The largest absolute Gasteiger partial charge is 0.448 e. The number of ether oxygens (including phenoxy) is 1. The number of anilines is 1. The molecule has 2 N–H and O–H groups in total. The number of nitrogens with zero attached hydrogens (tertiary/aromatic N) is 5. The SMILES string of the molecule is Cc1cc(C)n(-c2cc(NCCNC(=O)CN3CCOC3=O)ncn2)n1. The molecule has 0 saturated carbocycles. The molecule has 0 aromatic carbocycles. The summed E-state index contributed by atoms with van der Waals surface area (Å²) in [6.45, 7) is 5.56.